The van der Waals surface area contributed by atoms with Crippen LogP contribution < -0.4 is 0 Å². The van der Waals surface area contributed by atoms with Crippen molar-refractivity contribution >= 4 is 0 Å². The summed E-state index contributed by atoms with van der Waals surface area (Å²) in [6.07, 6.45) is 1.76. The Hall–Kier alpha value is -1.65. The lowest BCUT2D eigenvalue weighted by Gasteiger charge is -2.31. The molecule has 0 spiro atoms. The van der Waals surface area contributed by atoms with Crippen molar-refractivity contribution in [2.45, 2.75) is 39.3 Å². The second kappa shape index (κ2) is 6.41. The van der Waals surface area contributed by atoms with Gasteiger partial charge in [-0.2, -0.15) is 0 Å². The van der Waals surface area contributed by atoms with E-state index in [9.17, 15) is 5.11 Å². The van der Waals surface area contributed by atoms with Crippen molar-refractivity contribution in [1.29, 1.82) is 0 Å². The van der Waals surface area contributed by atoms with Gasteiger partial charge in [-0.25, -0.2) is 4.98 Å². The quantitative estimate of drug-likeness (QED) is 0.884. The Balaban J connectivity index is 2.16. The Kier molecular flexibility index (Phi) is 4.80. The van der Waals surface area contributed by atoms with Crippen LogP contribution in [0.4, 0.5) is 0 Å². The van der Waals surface area contributed by atoms with E-state index in [0.29, 0.717) is 12.4 Å². The minimum absolute atomic E-state index is 0.0267. The summed E-state index contributed by atoms with van der Waals surface area (Å²) >= 11 is 0. The lowest BCUT2D eigenvalue weighted by molar-refractivity contribution is 0.0210. The van der Waals surface area contributed by atoms with Gasteiger partial charge < -0.3 is 9.52 Å². The van der Waals surface area contributed by atoms with E-state index >= 15 is 0 Å². The van der Waals surface area contributed by atoms with Crippen molar-refractivity contribution < 1.29 is 9.52 Å². The molecule has 2 rings (SSSR count). The van der Waals surface area contributed by atoms with E-state index in [0.717, 1.165) is 17.9 Å². The second-order valence-electron chi connectivity index (χ2n) is 5.98. The molecule has 0 aliphatic heterocycles. The Morgan fingerprint density at radius 2 is 1.95 bits per heavy atom. The first kappa shape index (κ1) is 15.7. The van der Waals surface area contributed by atoms with Gasteiger partial charge in [-0.3, -0.25) is 4.90 Å². The molecule has 1 heterocycles. The number of nitrogens with zero attached hydrogens (tertiary/aromatic N) is 2. The normalized spacial score (nSPS) is 13.6. The number of hydrogen-bond acceptors (Lipinski definition) is 4. The Morgan fingerprint density at radius 1 is 1.29 bits per heavy atom. The van der Waals surface area contributed by atoms with Crippen LogP contribution >= 0.6 is 0 Å². The Labute approximate surface area is 126 Å². The molecule has 1 N–H and O–H groups in total. The van der Waals surface area contributed by atoms with Crippen molar-refractivity contribution in [3.05, 3.63) is 42.4 Å². The van der Waals surface area contributed by atoms with Gasteiger partial charge in [0, 0.05) is 12.1 Å². The molecule has 0 saturated carbocycles. The third-order valence-corrected chi connectivity index (χ3v) is 3.48. The van der Waals surface area contributed by atoms with Crippen LogP contribution in [0.1, 0.15) is 39.6 Å². The molecule has 0 aliphatic carbocycles. The average Bonchev–Trinajstić information content (AvgIpc) is 2.94. The lowest BCUT2D eigenvalue weighted by atomic mass is 10.1. The van der Waals surface area contributed by atoms with Gasteiger partial charge in [0.25, 0.3) is 0 Å². The van der Waals surface area contributed by atoms with E-state index in [4.69, 9.17) is 4.42 Å². The molecule has 1 unspecified atom stereocenters. The van der Waals surface area contributed by atoms with Crippen LogP contribution in [0.25, 0.3) is 11.3 Å². The second-order valence-corrected chi connectivity index (χ2v) is 5.98. The van der Waals surface area contributed by atoms with Gasteiger partial charge in [-0.05, 0) is 27.3 Å². The zero-order valence-corrected chi connectivity index (χ0v) is 13.2. The molecule has 2 aromatic rings. The topological polar surface area (TPSA) is 49.5 Å². The average molecular weight is 288 g/mol. The molecule has 0 radical (unpaired) electrons. The third kappa shape index (κ3) is 4.16. The standard InChI is InChI=1S/C17H24N2O2/c1-5-19(12-17(3,4)20)13(2)16-18-11-15(21-16)14-9-7-6-8-10-14/h6-11,13,20H,5,12H2,1-4H3. The summed E-state index contributed by atoms with van der Waals surface area (Å²) < 4.78 is 5.89. The van der Waals surface area contributed by atoms with E-state index in [1.165, 1.54) is 0 Å². The molecule has 0 saturated heterocycles. The summed E-state index contributed by atoms with van der Waals surface area (Å²) in [6.45, 7) is 9.15. The van der Waals surface area contributed by atoms with E-state index in [1.54, 1.807) is 6.20 Å². The number of hydrogen-bond donors (Lipinski definition) is 1. The fraction of sp³-hybridized carbons (Fsp3) is 0.471. The van der Waals surface area contributed by atoms with Crippen molar-refractivity contribution in [2.24, 2.45) is 0 Å². The molecule has 0 aliphatic rings. The number of aromatic nitrogens is 1. The van der Waals surface area contributed by atoms with Gasteiger partial charge in [-0.15, -0.1) is 0 Å². The molecule has 1 aromatic carbocycles. The summed E-state index contributed by atoms with van der Waals surface area (Å²) in [5.41, 5.74) is 0.285. The van der Waals surface area contributed by atoms with Crippen LogP contribution in [-0.2, 0) is 0 Å². The molecule has 1 aromatic heterocycles. The molecule has 0 bridgehead atoms. The van der Waals surface area contributed by atoms with Crippen LogP contribution in [0.5, 0.6) is 0 Å². The fourth-order valence-corrected chi connectivity index (χ4v) is 2.39. The van der Waals surface area contributed by atoms with Crippen LogP contribution in [0.3, 0.4) is 0 Å². The monoisotopic (exact) mass is 288 g/mol. The van der Waals surface area contributed by atoms with Crippen LogP contribution in [-0.4, -0.2) is 33.7 Å². The minimum Gasteiger partial charge on any atom is -0.439 e. The van der Waals surface area contributed by atoms with Gasteiger partial charge in [0.05, 0.1) is 17.8 Å². The zero-order valence-electron chi connectivity index (χ0n) is 13.2. The van der Waals surface area contributed by atoms with Gasteiger partial charge in [0.1, 0.15) is 0 Å². The van der Waals surface area contributed by atoms with Gasteiger partial charge in [0.2, 0.25) is 5.89 Å². The van der Waals surface area contributed by atoms with Gasteiger partial charge in [-0.1, -0.05) is 37.3 Å². The maximum atomic E-state index is 10.0. The summed E-state index contributed by atoms with van der Waals surface area (Å²) in [5, 5.41) is 10.0. The third-order valence-electron chi connectivity index (χ3n) is 3.48. The first-order valence-electron chi connectivity index (χ1n) is 7.38. The summed E-state index contributed by atoms with van der Waals surface area (Å²) in [4.78, 5) is 6.55. The number of rotatable bonds is 6. The largest absolute Gasteiger partial charge is 0.439 e. The van der Waals surface area contributed by atoms with Crippen molar-refractivity contribution in [3.8, 4) is 11.3 Å². The predicted octanol–water partition coefficient (Wildman–Crippen LogP) is 3.50. The maximum absolute atomic E-state index is 10.0. The van der Waals surface area contributed by atoms with Crippen LogP contribution in [0, 0.1) is 0 Å². The highest BCUT2D eigenvalue weighted by atomic mass is 16.4. The highest BCUT2D eigenvalue weighted by molar-refractivity contribution is 5.55. The lowest BCUT2D eigenvalue weighted by Crippen LogP contribution is -2.40. The Morgan fingerprint density at radius 3 is 2.52 bits per heavy atom. The number of benzene rings is 1. The molecule has 1 atom stereocenters. The number of oxazole rings is 1. The first-order valence-corrected chi connectivity index (χ1v) is 7.38. The maximum Gasteiger partial charge on any atom is 0.211 e. The molecule has 114 valence electrons. The molecule has 0 fully saturated rings. The van der Waals surface area contributed by atoms with E-state index < -0.39 is 5.60 Å². The van der Waals surface area contributed by atoms with Crippen LogP contribution in [0.2, 0.25) is 0 Å². The predicted molar refractivity (Wildman–Crippen MR) is 83.9 cm³/mol. The molecule has 4 heteroatoms. The number of likely N-dealkylation sites (N-methyl/N-ethyl adjacent to an activating group) is 1. The summed E-state index contributed by atoms with van der Waals surface area (Å²) in [5.74, 6) is 1.46. The van der Waals surface area contributed by atoms with Crippen LogP contribution in [0.15, 0.2) is 40.9 Å². The van der Waals surface area contributed by atoms with Crippen molar-refractivity contribution in [1.82, 2.24) is 9.88 Å². The van der Waals surface area contributed by atoms with Crippen molar-refractivity contribution in [2.75, 3.05) is 13.1 Å². The molecule has 21 heavy (non-hydrogen) atoms. The fourth-order valence-electron chi connectivity index (χ4n) is 2.39. The highest BCUT2D eigenvalue weighted by Crippen LogP contribution is 2.26. The van der Waals surface area contributed by atoms with E-state index in [-0.39, 0.29) is 6.04 Å². The summed E-state index contributed by atoms with van der Waals surface area (Å²) in [6, 6.07) is 9.97. The van der Waals surface area contributed by atoms with Crippen molar-refractivity contribution in [3.63, 3.8) is 0 Å². The zero-order chi connectivity index (χ0) is 15.5. The molecular weight excluding hydrogens is 264 g/mol. The molecular formula is C17H24N2O2. The minimum atomic E-state index is -0.737. The van der Waals surface area contributed by atoms with E-state index in [2.05, 4.69) is 23.7 Å². The Bertz CT molecular complexity index is 558. The number of aliphatic hydroxyl groups is 1. The first-order chi connectivity index (χ1) is 9.90. The molecule has 0 amide bonds. The smallest absolute Gasteiger partial charge is 0.211 e. The van der Waals surface area contributed by atoms with E-state index in [1.807, 2.05) is 44.2 Å². The SMILES string of the molecule is CCN(CC(C)(C)O)C(C)c1ncc(-c2ccccc2)o1. The van der Waals surface area contributed by atoms with Gasteiger partial charge in [0.15, 0.2) is 5.76 Å². The van der Waals surface area contributed by atoms with Gasteiger partial charge >= 0.3 is 0 Å². The summed E-state index contributed by atoms with van der Waals surface area (Å²) in [7, 11) is 0. The highest BCUT2D eigenvalue weighted by Gasteiger charge is 2.25. The molecule has 4 nitrogen and oxygen atoms in total.